The number of fused-ring (bicyclic) bond motifs is 1. The van der Waals surface area contributed by atoms with Crippen LogP contribution >= 0.6 is 0 Å². The molecule has 7 heteroatoms. The zero-order valence-electron chi connectivity index (χ0n) is 11.4. The lowest BCUT2D eigenvalue weighted by Crippen LogP contribution is -2.51. The number of piperidine rings is 1. The Hall–Kier alpha value is -1.24. The maximum atomic E-state index is 13.3. The summed E-state index contributed by atoms with van der Waals surface area (Å²) >= 11 is 0. The van der Waals surface area contributed by atoms with E-state index in [1.807, 2.05) is 0 Å². The highest BCUT2D eigenvalue weighted by atomic mass is 19.3. The van der Waals surface area contributed by atoms with Crippen LogP contribution in [0.4, 0.5) is 13.6 Å². The summed E-state index contributed by atoms with van der Waals surface area (Å²) in [5.41, 5.74) is 0. The summed E-state index contributed by atoms with van der Waals surface area (Å²) in [6.07, 6.45) is 2.31. The smallest absolute Gasteiger partial charge is 0.321 e. The molecule has 0 spiro atoms. The van der Waals surface area contributed by atoms with Crippen LogP contribution in [0, 0.1) is 11.8 Å². The lowest BCUT2D eigenvalue weighted by molar-refractivity contribution is -0.125. The van der Waals surface area contributed by atoms with Crippen LogP contribution in [-0.2, 0) is 4.79 Å². The molecule has 2 aliphatic carbocycles. The summed E-state index contributed by atoms with van der Waals surface area (Å²) in [6, 6.07) is -0.868. The van der Waals surface area contributed by atoms with Gasteiger partial charge in [0.1, 0.15) is 0 Å². The van der Waals surface area contributed by atoms with E-state index in [1.165, 1.54) is 0 Å². The first-order chi connectivity index (χ1) is 9.39. The third-order valence-electron chi connectivity index (χ3n) is 4.60. The third-order valence-corrected chi connectivity index (χ3v) is 4.60. The number of hydrogen-bond donors (Lipinski definition) is 2. The molecule has 0 bridgehead atoms. The van der Waals surface area contributed by atoms with Crippen molar-refractivity contribution in [3.63, 3.8) is 0 Å². The van der Waals surface area contributed by atoms with Gasteiger partial charge in [-0.2, -0.15) is 0 Å². The van der Waals surface area contributed by atoms with Crippen molar-refractivity contribution >= 4 is 11.9 Å². The van der Waals surface area contributed by atoms with Crippen molar-refractivity contribution < 1.29 is 18.4 Å². The van der Waals surface area contributed by atoms with Crippen LogP contribution in [0.3, 0.4) is 0 Å². The average Bonchev–Trinajstić information content (AvgIpc) is 3.28. The maximum absolute atomic E-state index is 13.3. The Balaban J connectivity index is 1.49. The molecule has 1 saturated heterocycles. The van der Waals surface area contributed by atoms with Gasteiger partial charge in [-0.25, -0.2) is 13.6 Å². The van der Waals surface area contributed by atoms with E-state index in [4.69, 9.17) is 0 Å². The van der Waals surface area contributed by atoms with Crippen LogP contribution in [0.2, 0.25) is 0 Å². The molecule has 112 valence electrons. The van der Waals surface area contributed by atoms with Gasteiger partial charge in [-0.05, 0) is 32.7 Å². The van der Waals surface area contributed by atoms with Gasteiger partial charge in [-0.15, -0.1) is 0 Å². The summed E-state index contributed by atoms with van der Waals surface area (Å²) in [5.74, 6) is -4.11. The van der Waals surface area contributed by atoms with Crippen molar-refractivity contribution in [2.24, 2.45) is 11.8 Å². The summed E-state index contributed by atoms with van der Waals surface area (Å²) in [4.78, 5) is 25.2. The average molecular weight is 287 g/mol. The molecule has 3 rings (SSSR count). The van der Waals surface area contributed by atoms with Crippen molar-refractivity contribution in [1.82, 2.24) is 15.5 Å². The monoisotopic (exact) mass is 287 g/mol. The Morgan fingerprint density at radius 2 is 1.95 bits per heavy atom. The number of amides is 3. The van der Waals surface area contributed by atoms with Crippen LogP contribution < -0.4 is 10.6 Å². The molecule has 5 nitrogen and oxygen atoms in total. The van der Waals surface area contributed by atoms with E-state index in [1.54, 1.807) is 11.8 Å². The van der Waals surface area contributed by atoms with Gasteiger partial charge in [-0.1, -0.05) is 0 Å². The Morgan fingerprint density at radius 3 is 2.55 bits per heavy atom. The van der Waals surface area contributed by atoms with Crippen LogP contribution in [-0.4, -0.2) is 47.9 Å². The molecular formula is C13H19F2N3O2. The van der Waals surface area contributed by atoms with E-state index < -0.39 is 35.7 Å². The first-order valence-electron chi connectivity index (χ1n) is 7.13. The number of rotatable bonds is 3. The number of nitrogens with zero attached hydrogens (tertiary/aromatic N) is 1. The molecule has 20 heavy (non-hydrogen) atoms. The predicted octanol–water partition coefficient (Wildman–Crippen LogP) is 0.950. The van der Waals surface area contributed by atoms with E-state index in [-0.39, 0.29) is 12.6 Å². The van der Waals surface area contributed by atoms with Gasteiger partial charge in [0.15, 0.2) is 0 Å². The number of alkyl halides is 2. The van der Waals surface area contributed by atoms with Gasteiger partial charge in [0.05, 0.1) is 6.04 Å². The van der Waals surface area contributed by atoms with Crippen LogP contribution in [0.1, 0.15) is 26.2 Å². The first kappa shape index (κ1) is 13.7. The van der Waals surface area contributed by atoms with E-state index in [0.717, 1.165) is 12.8 Å². The fraction of sp³-hybridized carbons (Fsp3) is 0.846. The molecule has 3 fully saturated rings. The minimum Gasteiger partial charge on any atom is -0.335 e. The molecule has 0 aromatic carbocycles. The van der Waals surface area contributed by atoms with Gasteiger partial charge in [0.2, 0.25) is 5.91 Å². The zero-order valence-corrected chi connectivity index (χ0v) is 11.4. The lowest BCUT2D eigenvalue weighted by Gasteiger charge is -2.30. The molecule has 3 atom stereocenters. The maximum Gasteiger partial charge on any atom is 0.321 e. The van der Waals surface area contributed by atoms with Crippen molar-refractivity contribution in [3.8, 4) is 0 Å². The summed E-state index contributed by atoms with van der Waals surface area (Å²) in [5, 5.41) is 4.94. The Labute approximate surface area is 116 Å². The van der Waals surface area contributed by atoms with Gasteiger partial charge >= 0.3 is 6.03 Å². The largest absolute Gasteiger partial charge is 0.335 e. The SMILES string of the molecule is C[C@H](C(=O)NC(=O)NC1CC1)N1CC[C@@H]2[C@@H](C1)C2(F)F. The van der Waals surface area contributed by atoms with Gasteiger partial charge < -0.3 is 5.32 Å². The van der Waals surface area contributed by atoms with E-state index >= 15 is 0 Å². The minimum atomic E-state index is -2.56. The second kappa shape index (κ2) is 4.65. The molecule has 3 amide bonds. The molecule has 0 aromatic heterocycles. The summed E-state index contributed by atoms with van der Waals surface area (Å²) < 4.78 is 26.6. The Bertz CT molecular complexity index is 439. The van der Waals surface area contributed by atoms with Crippen molar-refractivity contribution in [2.75, 3.05) is 13.1 Å². The molecule has 2 saturated carbocycles. The first-order valence-corrected chi connectivity index (χ1v) is 7.13. The molecule has 3 aliphatic rings. The van der Waals surface area contributed by atoms with E-state index in [2.05, 4.69) is 10.6 Å². The van der Waals surface area contributed by atoms with E-state index in [9.17, 15) is 18.4 Å². The molecule has 1 heterocycles. The zero-order chi connectivity index (χ0) is 14.5. The van der Waals surface area contributed by atoms with Gasteiger partial charge in [0.25, 0.3) is 5.92 Å². The second-order valence-electron chi connectivity index (χ2n) is 6.08. The number of halogens is 2. The highest BCUT2D eigenvalue weighted by molar-refractivity contribution is 5.97. The standard InChI is InChI=1S/C13H19F2N3O2/c1-7(11(19)17-12(20)16-8-2-3-8)18-5-4-9-10(6-18)13(9,14)15/h7-10H,2-6H2,1H3,(H2,16,17,19,20)/t7-,9-,10-/m1/s1. The van der Waals surface area contributed by atoms with Crippen molar-refractivity contribution in [3.05, 3.63) is 0 Å². The normalized spacial score (nSPS) is 33.0. The number of carbonyl (C=O) groups is 2. The third kappa shape index (κ3) is 2.51. The number of nitrogens with one attached hydrogen (secondary N) is 2. The molecular weight excluding hydrogens is 268 g/mol. The minimum absolute atomic E-state index is 0.180. The fourth-order valence-electron chi connectivity index (χ4n) is 2.94. The van der Waals surface area contributed by atoms with Gasteiger partial charge in [0, 0.05) is 24.4 Å². The highest BCUT2D eigenvalue weighted by Gasteiger charge is 2.69. The number of imide groups is 1. The molecule has 0 unspecified atom stereocenters. The quantitative estimate of drug-likeness (QED) is 0.812. The van der Waals surface area contributed by atoms with Crippen molar-refractivity contribution in [2.45, 2.75) is 44.2 Å². The number of urea groups is 1. The molecule has 0 aromatic rings. The van der Waals surface area contributed by atoms with Crippen LogP contribution in [0.15, 0.2) is 0 Å². The topological polar surface area (TPSA) is 61.4 Å². The molecule has 2 N–H and O–H groups in total. The summed E-state index contributed by atoms with van der Waals surface area (Å²) in [7, 11) is 0. The predicted molar refractivity (Wildman–Crippen MR) is 67.3 cm³/mol. The number of carbonyl (C=O) groups excluding carboxylic acids is 2. The second-order valence-corrected chi connectivity index (χ2v) is 6.08. The Morgan fingerprint density at radius 1 is 1.25 bits per heavy atom. The summed E-state index contributed by atoms with van der Waals surface area (Å²) in [6.45, 7) is 2.37. The Kier molecular flexibility index (Phi) is 3.19. The molecule has 0 radical (unpaired) electrons. The van der Waals surface area contributed by atoms with Crippen LogP contribution in [0.25, 0.3) is 0 Å². The fourth-order valence-corrected chi connectivity index (χ4v) is 2.94. The van der Waals surface area contributed by atoms with Crippen LogP contribution in [0.5, 0.6) is 0 Å². The lowest BCUT2D eigenvalue weighted by atomic mass is 10.1. The highest BCUT2D eigenvalue weighted by Crippen LogP contribution is 2.59. The van der Waals surface area contributed by atoms with Crippen molar-refractivity contribution in [1.29, 1.82) is 0 Å². The van der Waals surface area contributed by atoms with E-state index in [0.29, 0.717) is 13.0 Å². The number of likely N-dealkylation sites (tertiary alicyclic amines) is 1. The molecule has 1 aliphatic heterocycles. The number of hydrogen-bond acceptors (Lipinski definition) is 3. The van der Waals surface area contributed by atoms with Gasteiger partial charge in [-0.3, -0.25) is 15.0 Å².